The third-order valence-corrected chi connectivity index (χ3v) is 11.9. The number of imide groups is 1. The molecule has 286 valence electrons. The fraction of sp³-hybridized carbons (Fsp3) is 0.600. The Morgan fingerprint density at radius 1 is 0.981 bits per heavy atom. The van der Waals surface area contributed by atoms with Gasteiger partial charge in [0.05, 0.1) is 5.69 Å². The highest BCUT2D eigenvalue weighted by Gasteiger charge is 2.45. The van der Waals surface area contributed by atoms with Gasteiger partial charge >= 0.3 is 0 Å². The SMILES string of the molecule is CN(C)CCN(CC1CCN(c2ccc(C(=O)NC3CCCCC3)cc2F)CC1)C1CC(Oc2ccc3c(c2)C(O)N(C2CCC(=O)NC2=O)C3=O)C1. The molecule has 0 aromatic heterocycles. The molecule has 2 saturated carbocycles. The number of nitrogens with zero attached hydrogens (tertiary/aromatic N) is 4. The fourth-order valence-corrected chi connectivity index (χ4v) is 8.67. The number of fused-ring (bicyclic) bond motifs is 1. The van der Waals surface area contributed by atoms with Crippen LogP contribution in [0.1, 0.15) is 103 Å². The smallest absolute Gasteiger partial charge is 0.257 e. The maximum Gasteiger partial charge on any atom is 0.257 e. The molecule has 2 aromatic carbocycles. The number of hydrogen-bond acceptors (Lipinski definition) is 9. The number of nitrogens with one attached hydrogen (secondary N) is 2. The standard InChI is InChI=1S/C40H53FN6O6/c1-44(2)18-19-46(24-25-14-16-45(17-15-25)34-11-8-26(20-33(34)41)37(49)42-27-6-4-3-5-7-27)28-21-30(22-28)53-29-9-10-31-32(23-29)40(52)47(39(31)51)35-12-13-36(48)43-38(35)50/h8-11,20,23,25,27-28,30,35,40,52H,3-7,12-19,21-22,24H2,1-2H3,(H,42,49)(H,43,48,50). The highest BCUT2D eigenvalue weighted by Crippen LogP contribution is 2.39. The summed E-state index contributed by atoms with van der Waals surface area (Å²) in [6.45, 7) is 4.37. The molecule has 0 spiro atoms. The van der Waals surface area contributed by atoms with Gasteiger partial charge in [-0.2, -0.15) is 0 Å². The molecule has 13 heteroatoms. The average Bonchev–Trinajstić information content (AvgIpc) is 3.37. The second-order valence-electron chi connectivity index (χ2n) is 15.9. The van der Waals surface area contributed by atoms with Crippen LogP contribution in [0, 0.1) is 11.7 Å². The monoisotopic (exact) mass is 732 g/mol. The molecule has 4 amide bonds. The maximum absolute atomic E-state index is 15.3. The Balaban J connectivity index is 0.906. The molecule has 2 saturated heterocycles. The van der Waals surface area contributed by atoms with Gasteiger partial charge in [0.2, 0.25) is 11.8 Å². The number of piperidine rings is 2. The highest BCUT2D eigenvalue weighted by atomic mass is 19.1. The number of ether oxygens (including phenoxy) is 1. The first-order valence-corrected chi connectivity index (χ1v) is 19.4. The average molecular weight is 733 g/mol. The van der Waals surface area contributed by atoms with E-state index in [9.17, 15) is 24.3 Å². The molecule has 3 N–H and O–H groups in total. The molecule has 7 rings (SSSR count). The van der Waals surface area contributed by atoms with Gasteiger partial charge in [0.15, 0.2) is 6.23 Å². The van der Waals surface area contributed by atoms with E-state index in [-0.39, 0.29) is 42.6 Å². The minimum Gasteiger partial charge on any atom is -0.490 e. The molecule has 0 radical (unpaired) electrons. The van der Waals surface area contributed by atoms with E-state index in [1.165, 1.54) is 12.5 Å². The second kappa shape index (κ2) is 16.1. The van der Waals surface area contributed by atoms with Crippen molar-refractivity contribution in [2.45, 2.75) is 101 Å². The zero-order valence-electron chi connectivity index (χ0n) is 30.9. The minimum absolute atomic E-state index is 0.00191. The number of hydrogen-bond donors (Lipinski definition) is 3. The third-order valence-electron chi connectivity index (χ3n) is 11.9. The molecular weight excluding hydrogens is 679 g/mol. The van der Waals surface area contributed by atoms with Crippen LogP contribution in [0.3, 0.4) is 0 Å². The van der Waals surface area contributed by atoms with Gasteiger partial charge in [-0.3, -0.25) is 34.3 Å². The molecule has 2 atom stereocenters. The van der Waals surface area contributed by atoms with Gasteiger partial charge in [-0.1, -0.05) is 19.3 Å². The Morgan fingerprint density at radius 2 is 1.74 bits per heavy atom. The number of benzene rings is 2. The Labute approximate surface area is 311 Å². The number of aliphatic hydroxyl groups excluding tert-OH is 1. The van der Waals surface area contributed by atoms with Crippen molar-refractivity contribution in [1.82, 2.24) is 25.3 Å². The van der Waals surface area contributed by atoms with E-state index >= 15 is 4.39 Å². The third kappa shape index (κ3) is 8.37. The van der Waals surface area contributed by atoms with Crippen LogP contribution < -0.4 is 20.3 Å². The lowest BCUT2D eigenvalue weighted by atomic mass is 9.86. The summed E-state index contributed by atoms with van der Waals surface area (Å²) < 4.78 is 21.7. The minimum atomic E-state index is -1.29. The molecule has 3 heterocycles. The van der Waals surface area contributed by atoms with Crippen molar-refractivity contribution in [3.63, 3.8) is 0 Å². The lowest BCUT2D eigenvalue weighted by Gasteiger charge is -2.45. The summed E-state index contributed by atoms with van der Waals surface area (Å²) in [5.74, 6) is -0.861. The normalized spacial score (nSPS) is 25.4. The molecule has 2 aliphatic carbocycles. The summed E-state index contributed by atoms with van der Waals surface area (Å²) in [5, 5.41) is 16.4. The van der Waals surface area contributed by atoms with Gasteiger partial charge in [-0.05, 0) is 88.5 Å². The highest BCUT2D eigenvalue weighted by molar-refractivity contribution is 6.05. The number of carbonyl (C=O) groups excluding carboxylic acids is 4. The van der Waals surface area contributed by atoms with E-state index in [4.69, 9.17) is 4.74 Å². The van der Waals surface area contributed by atoms with Gasteiger partial charge in [0, 0.05) is 80.8 Å². The van der Waals surface area contributed by atoms with Crippen molar-refractivity contribution in [1.29, 1.82) is 0 Å². The number of likely N-dealkylation sites (N-methyl/N-ethyl adjacent to an activating group) is 1. The lowest BCUT2D eigenvalue weighted by molar-refractivity contribution is -0.139. The van der Waals surface area contributed by atoms with Crippen molar-refractivity contribution in [2.75, 3.05) is 51.7 Å². The number of anilines is 1. The van der Waals surface area contributed by atoms with Gasteiger partial charge in [-0.15, -0.1) is 0 Å². The van der Waals surface area contributed by atoms with Crippen LogP contribution in [-0.2, 0) is 9.59 Å². The van der Waals surface area contributed by atoms with Crippen molar-refractivity contribution in [3.05, 3.63) is 58.9 Å². The topological polar surface area (TPSA) is 135 Å². The largest absolute Gasteiger partial charge is 0.490 e. The second-order valence-corrected chi connectivity index (χ2v) is 15.9. The summed E-state index contributed by atoms with van der Waals surface area (Å²) in [7, 11) is 4.16. The maximum atomic E-state index is 15.3. The Morgan fingerprint density at radius 3 is 2.43 bits per heavy atom. The van der Waals surface area contributed by atoms with Crippen LogP contribution in [0.15, 0.2) is 36.4 Å². The van der Waals surface area contributed by atoms with E-state index in [1.807, 2.05) is 0 Å². The number of aliphatic hydroxyl groups is 1. The van der Waals surface area contributed by atoms with Crippen molar-refractivity contribution < 1.29 is 33.4 Å². The molecule has 4 fully saturated rings. The molecule has 53 heavy (non-hydrogen) atoms. The van der Waals surface area contributed by atoms with Crippen molar-refractivity contribution >= 4 is 29.3 Å². The molecule has 12 nitrogen and oxygen atoms in total. The lowest BCUT2D eigenvalue weighted by Crippen LogP contribution is -2.53. The quantitative estimate of drug-likeness (QED) is 0.279. The van der Waals surface area contributed by atoms with Gasteiger partial charge in [-0.25, -0.2) is 4.39 Å². The number of halogens is 1. The van der Waals surface area contributed by atoms with Crippen LogP contribution in [0.5, 0.6) is 5.75 Å². The zero-order chi connectivity index (χ0) is 37.2. The van der Waals surface area contributed by atoms with Crippen LogP contribution >= 0.6 is 0 Å². The Bertz CT molecular complexity index is 1690. The summed E-state index contributed by atoms with van der Waals surface area (Å²) in [5.41, 5.74) is 1.68. The van der Waals surface area contributed by atoms with Crippen molar-refractivity contribution in [3.8, 4) is 5.75 Å². The van der Waals surface area contributed by atoms with Crippen LogP contribution in [0.2, 0.25) is 0 Å². The van der Waals surface area contributed by atoms with E-state index in [2.05, 4.69) is 39.4 Å². The molecule has 0 bridgehead atoms. The van der Waals surface area contributed by atoms with Crippen LogP contribution in [0.4, 0.5) is 10.1 Å². The molecule has 2 unspecified atom stereocenters. The van der Waals surface area contributed by atoms with Gasteiger partial charge in [0.25, 0.3) is 11.8 Å². The summed E-state index contributed by atoms with van der Waals surface area (Å²) in [6, 6.07) is 9.62. The zero-order valence-corrected chi connectivity index (χ0v) is 30.9. The van der Waals surface area contributed by atoms with Crippen LogP contribution in [-0.4, -0.2) is 114 Å². The first-order valence-electron chi connectivity index (χ1n) is 19.4. The van der Waals surface area contributed by atoms with E-state index < -0.39 is 24.1 Å². The van der Waals surface area contributed by atoms with Gasteiger partial charge < -0.3 is 25.0 Å². The van der Waals surface area contributed by atoms with Crippen LogP contribution in [0.25, 0.3) is 0 Å². The molecule has 3 aliphatic heterocycles. The fourth-order valence-electron chi connectivity index (χ4n) is 8.67. The first-order chi connectivity index (χ1) is 25.5. The Kier molecular flexibility index (Phi) is 11.3. The van der Waals surface area contributed by atoms with E-state index in [0.29, 0.717) is 40.1 Å². The molecular formula is C40H53FN6O6. The summed E-state index contributed by atoms with van der Waals surface area (Å²) in [6.07, 6.45) is 8.08. The van der Waals surface area contributed by atoms with E-state index in [1.54, 1.807) is 30.3 Å². The first kappa shape index (κ1) is 37.3. The summed E-state index contributed by atoms with van der Waals surface area (Å²) >= 11 is 0. The number of rotatable bonds is 12. The van der Waals surface area contributed by atoms with E-state index in [0.717, 1.165) is 89.0 Å². The number of carbonyl (C=O) groups is 4. The predicted molar refractivity (Wildman–Crippen MR) is 197 cm³/mol. The van der Waals surface area contributed by atoms with Crippen molar-refractivity contribution in [2.24, 2.45) is 5.92 Å². The summed E-state index contributed by atoms with van der Waals surface area (Å²) in [4.78, 5) is 58.0. The van der Waals surface area contributed by atoms with Gasteiger partial charge in [0.1, 0.15) is 23.7 Å². The molecule has 2 aromatic rings. The molecule has 5 aliphatic rings. The number of amides is 4. The predicted octanol–water partition coefficient (Wildman–Crippen LogP) is 3.83. The Hall–Kier alpha value is -4.07.